The van der Waals surface area contributed by atoms with Crippen LogP contribution in [-0.2, 0) is 0 Å². The van der Waals surface area contributed by atoms with E-state index < -0.39 is 0 Å². The first-order valence-electron chi connectivity index (χ1n) is 18.9. The van der Waals surface area contributed by atoms with E-state index in [1.165, 1.54) is 51.5 Å². The van der Waals surface area contributed by atoms with E-state index in [1.54, 1.807) is 0 Å². The molecule has 0 N–H and O–H groups in total. The molecule has 8 aromatic carbocycles. The lowest BCUT2D eigenvalue weighted by molar-refractivity contribution is 0.670. The van der Waals surface area contributed by atoms with Crippen molar-refractivity contribution < 1.29 is 4.42 Å². The highest BCUT2D eigenvalue weighted by atomic mass is 32.1. The lowest BCUT2D eigenvalue weighted by Gasteiger charge is -2.08. The number of nitrogens with zero attached hydrogens (tertiary/aromatic N) is 3. The summed E-state index contributed by atoms with van der Waals surface area (Å²) in [6, 6.07) is 61.9. The molecule has 0 amide bonds. The summed E-state index contributed by atoms with van der Waals surface area (Å²) in [5, 5.41) is 7.23. The van der Waals surface area contributed by atoms with Gasteiger partial charge in [-0.1, -0.05) is 158 Å². The molecule has 0 atom stereocenters. The second kappa shape index (κ2) is 12.8. The van der Waals surface area contributed by atoms with Crippen LogP contribution < -0.4 is 0 Å². The molecule has 57 heavy (non-hydrogen) atoms. The Morgan fingerprint density at radius 1 is 0.316 bits per heavy atom. The normalized spacial score (nSPS) is 11.9. The summed E-state index contributed by atoms with van der Waals surface area (Å²) in [4.78, 5) is 15.0. The van der Waals surface area contributed by atoms with Crippen LogP contribution in [0.3, 0.4) is 0 Å². The molecule has 266 valence electrons. The molecular formula is C51H29N3OS2. The van der Waals surface area contributed by atoms with Crippen molar-refractivity contribution in [1.82, 2.24) is 15.0 Å². The average molecular weight is 764 g/mol. The van der Waals surface area contributed by atoms with E-state index in [9.17, 15) is 0 Å². The molecule has 0 fully saturated rings. The molecular weight excluding hydrogens is 735 g/mol. The predicted molar refractivity (Wildman–Crippen MR) is 240 cm³/mol. The third kappa shape index (κ3) is 5.15. The van der Waals surface area contributed by atoms with Gasteiger partial charge in [-0.05, 0) is 29.3 Å². The predicted octanol–water partition coefficient (Wildman–Crippen LogP) is 14.8. The average Bonchev–Trinajstić information content (AvgIpc) is 3.98. The van der Waals surface area contributed by atoms with E-state index in [-0.39, 0.29) is 0 Å². The van der Waals surface area contributed by atoms with Gasteiger partial charge in [-0.3, -0.25) is 0 Å². The highest BCUT2D eigenvalue weighted by Crippen LogP contribution is 2.47. The fourth-order valence-corrected chi connectivity index (χ4v) is 10.8. The molecule has 0 aliphatic rings. The Morgan fingerprint density at radius 3 is 1.53 bits per heavy atom. The summed E-state index contributed by atoms with van der Waals surface area (Å²) in [6.07, 6.45) is 0. The Bertz CT molecular complexity index is 3470. The van der Waals surface area contributed by atoms with Crippen LogP contribution in [0.4, 0.5) is 0 Å². The monoisotopic (exact) mass is 763 g/mol. The zero-order valence-electron chi connectivity index (χ0n) is 30.3. The minimum atomic E-state index is 0.571. The number of aromatic nitrogens is 3. The van der Waals surface area contributed by atoms with Gasteiger partial charge >= 0.3 is 0 Å². The molecule has 4 nitrogen and oxygen atoms in total. The maximum Gasteiger partial charge on any atom is 0.167 e. The molecule has 0 spiro atoms. The van der Waals surface area contributed by atoms with Gasteiger partial charge in [0.1, 0.15) is 11.2 Å². The molecule has 4 heterocycles. The van der Waals surface area contributed by atoms with Crippen LogP contribution in [0.25, 0.3) is 119 Å². The molecule has 0 saturated carbocycles. The van der Waals surface area contributed by atoms with Crippen LogP contribution in [0.1, 0.15) is 0 Å². The SMILES string of the molecule is c1ccc(-c2nc(-c3ccccc3)nc(-c3cccc4c3oc3c(-c5cccc6c5sc5c(-c7ccc8c(c7)sc7ccccc78)cccc56)cccc34)n2)cc1. The lowest BCUT2D eigenvalue weighted by Crippen LogP contribution is -2.00. The van der Waals surface area contributed by atoms with Crippen LogP contribution in [-0.4, -0.2) is 15.0 Å². The number of furan rings is 1. The Morgan fingerprint density at radius 2 is 0.825 bits per heavy atom. The first-order chi connectivity index (χ1) is 28.2. The van der Waals surface area contributed by atoms with Crippen LogP contribution >= 0.6 is 22.7 Å². The number of hydrogen-bond acceptors (Lipinski definition) is 6. The van der Waals surface area contributed by atoms with E-state index in [2.05, 4.69) is 109 Å². The van der Waals surface area contributed by atoms with Gasteiger partial charge in [0, 0.05) is 73.4 Å². The first-order valence-corrected chi connectivity index (χ1v) is 20.6. The zero-order chi connectivity index (χ0) is 37.5. The van der Waals surface area contributed by atoms with Crippen molar-refractivity contribution in [2.45, 2.75) is 0 Å². The number of benzene rings is 8. The standard InChI is InChI=1S/C51H29N3OS2/c1-3-13-30(14-4-1)49-52-50(31-15-5-2-6-16-31)54-51(53-49)42-25-11-20-37-36-19-10-21-38(45(36)55-46(37)42)39-22-12-24-41-40-23-9-18-33(47(40)57-48(39)41)32-27-28-35-34-17-7-8-26-43(34)56-44(35)29-32/h1-29H. The summed E-state index contributed by atoms with van der Waals surface area (Å²) in [5.41, 5.74) is 9.00. The Labute approximate surface area is 335 Å². The molecule has 0 bridgehead atoms. The first kappa shape index (κ1) is 32.3. The van der Waals surface area contributed by atoms with Gasteiger partial charge < -0.3 is 4.42 Å². The minimum absolute atomic E-state index is 0.571. The van der Waals surface area contributed by atoms with Gasteiger partial charge in [0.2, 0.25) is 0 Å². The molecule has 0 aliphatic carbocycles. The van der Waals surface area contributed by atoms with Crippen LogP contribution in [0, 0.1) is 0 Å². The molecule has 12 aromatic rings. The fourth-order valence-electron chi connectivity index (χ4n) is 8.29. The maximum absolute atomic E-state index is 7.00. The summed E-state index contributed by atoms with van der Waals surface area (Å²) < 4.78 is 12.2. The van der Waals surface area contributed by atoms with Crippen LogP contribution in [0.2, 0.25) is 0 Å². The van der Waals surface area contributed by atoms with Crippen molar-refractivity contribution in [3.05, 3.63) is 176 Å². The van der Waals surface area contributed by atoms with E-state index in [0.717, 1.165) is 49.8 Å². The maximum atomic E-state index is 7.00. The lowest BCUT2D eigenvalue weighted by atomic mass is 9.98. The number of rotatable bonds is 5. The van der Waals surface area contributed by atoms with Crippen molar-refractivity contribution in [1.29, 1.82) is 0 Å². The Balaban J connectivity index is 1.03. The fraction of sp³-hybridized carbons (Fsp3) is 0. The molecule has 0 radical (unpaired) electrons. The van der Waals surface area contributed by atoms with Crippen LogP contribution in [0.5, 0.6) is 0 Å². The second-order valence-electron chi connectivity index (χ2n) is 14.3. The van der Waals surface area contributed by atoms with Crippen molar-refractivity contribution in [3.63, 3.8) is 0 Å². The van der Waals surface area contributed by atoms with E-state index >= 15 is 0 Å². The second-order valence-corrected chi connectivity index (χ2v) is 16.4. The smallest absolute Gasteiger partial charge is 0.167 e. The third-order valence-electron chi connectivity index (χ3n) is 11.0. The van der Waals surface area contributed by atoms with Crippen molar-refractivity contribution >= 4 is 85.0 Å². The number of para-hydroxylation sites is 2. The van der Waals surface area contributed by atoms with E-state index in [4.69, 9.17) is 19.4 Å². The number of thiophene rings is 2. The summed E-state index contributed by atoms with van der Waals surface area (Å²) in [6.45, 7) is 0. The quantitative estimate of drug-likeness (QED) is 0.175. The topological polar surface area (TPSA) is 51.8 Å². The van der Waals surface area contributed by atoms with Gasteiger partial charge in [0.15, 0.2) is 17.5 Å². The van der Waals surface area contributed by atoms with Gasteiger partial charge in [0.25, 0.3) is 0 Å². The Hall–Kier alpha value is -6.99. The summed E-state index contributed by atoms with van der Waals surface area (Å²) >= 11 is 3.73. The van der Waals surface area contributed by atoms with Crippen LogP contribution in [0.15, 0.2) is 180 Å². The highest BCUT2D eigenvalue weighted by Gasteiger charge is 2.21. The zero-order valence-corrected chi connectivity index (χ0v) is 31.9. The number of hydrogen-bond donors (Lipinski definition) is 0. The summed E-state index contributed by atoms with van der Waals surface area (Å²) in [5.74, 6) is 1.81. The molecule has 12 rings (SSSR count). The highest BCUT2D eigenvalue weighted by molar-refractivity contribution is 7.27. The van der Waals surface area contributed by atoms with Crippen molar-refractivity contribution in [2.75, 3.05) is 0 Å². The van der Waals surface area contributed by atoms with Gasteiger partial charge in [-0.15, -0.1) is 22.7 Å². The molecule has 4 aromatic heterocycles. The number of fused-ring (bicyclic) bond motifs is 9. The van der Waals surface area contributed by atoms with E-state index in [1.807, 2.05) is 89.4 Å². The summed E-state index contributed by atoms with van der Waals surface area (Å²) in [7, 11) is 0. The largest absolute Gasteiger partial charge is 0.455 e. The Kier molecular flexibility index (Phi) is 7.24. The minimum Gasteiger partial charge on any atom is -0.455 e. The molecule has 0 saturated heterocycles. The van der Waals surface area contributed by atoms with Crippen molar-refractivity contribution in [3.8, 4) is 56.4 Å². The van der Waals surface area contributed by atoms with Gasteiger partial charge in [0.05, 0.1) is 5.56 Å². The molecule has 0 unspecified atom stereocenters. The van der Waals surface area contributed by atoms with Crippen molar-refractivity contribution in [2.24, 2.45) is 0 Å². The molecule has 0 aliphatic heterocycles. The molecule has 6 heteroatoms. The van der Waals surface area contributed by atoms with Gasteiger partial charge in [-0.25, -0.2) is 15.0 Å². The van der Waals surface area contributed by atoms with Gasteiger partial charge in [-0.2, -0.15) is 0 Å². The van der Waals surface area contributed by atoms with E-state index in [0.29, 0.717) is 17.5 Å². The third-order valence-corrected chi connectivity index (χ3v) is 13.4.